The molecule has 0 heterocycles. The number of rotatable bonds is 5. The number of nitrogens with two attached hydrogens (primary N) is 1. The number of aliphatic carboxylic acids is 2. The smallest absolute Gasteiger partial charge is 0.490 e. The van der Waals surface area contributed by atoms with Crippen LogP contribution >= 0.6 is 11.8 Å². The lowest BCUT2D eigenvalue weighted by molar-refractivity contribution is -0.192. The molecule has 1 aromatic carbocycles. The lowest BCUT2D eigenvalue weighted by Gasteiger charge is -2.09. The second-order valence-corrected chi connectivity index (χ2v) is 5.05. The summed E-state index contributed by atoms with van der Waals surface area (Å²) in [5, 5.41) is 27.6. The maximum atomic E-state index is 11.5. The van der Waals surface area contributed by atoms with E-state index in [1.165, 1.54) is 0 Å². The molecule has 1 aromatic rings. The Labute approximate surface area is 150 Å². The second-order valence-electron chi connectivity index (χ2n) is 4.02. The first kappa shape index (κ1) is 14.8. The van der Waals surface area contributed by atoms with Gasteiger partial charge in [0, 0.05) is 22.4 Å². The van der Waals surface area contributed by atoms with Gasteiger partial charge in [-0.05, 0) is 18.2 Å². The third-order valence-electron chi connectivity index (χ3n) is 2.03. The van der Waals surface area contributed by atoms with Crippen LogP contribution in [0.25, 0.3) is 0 Å². The molecule has 140 valence electrons. The van der Waals surface area contributed by atoms with Crippen LogP contribution in [0.4, 0.5) is 18.9 Å². The first-order chi connectivity index (χ1) is 13.4. The molecule has 1 rings (SSSR count). The first-order valence-electron chi connectivity index (χ1n) is 8.45. The van der Waals surface area contributed by atoms with Crippen molar-refractivity contribution in [1.82, 2.24) is 0 Å². The van der Waals surface area contributed by atoms with Crippen molar-refractivity contribution in [3.8, 4) is 5.75 Å². The van der Waals surface area contributed by atoms with Gasteiger partial charge >= 0.3 is 18.1 Å². The molecule has 6 N–H and O–H groups in total. The average Bonchev–Trinajstić information content (AvgIpc) is 2.56. The molecule has 0 aromatic heterocycles. The number of alkyl halides is 3. The van der Waals surface area contributed by atoms with Gasteiger partial charge in [0.05, 0.1) is 7.64 Å². The monoisotopic (exact) mass is 389 g/mol. The molecular weight excluding hydrogens is 369 g/mol. The average molecular weight is 389 g/mol. The van der Waals surface area contributed by atoms with Crippen molar-refractivity contribution in [1.29, 1.82) is 0 Å². The molecule has 8 nitrogen and oxygen atoms in total. The van der Waals surface area contributed by atoms with Crippen LogP contribution in [0.15, 0.2) is 23.0 Å². The van der Waals surface area contributed by atoms with Gasteiger partial charge in [0.2, 0.25) is 5.91 Å². The van der Waals surface area contributed by atoms with Gasteiger partial charge in [-0.1, -0.05) is 0 Å². The summed E-state index contributed by atoms with van der Waals surface area (Å²) in [5.74, 6) is -6.03. The van der Waals surface area contributed by atoms with E-state index in [1.807, 2.05) is 5.32 Å². The van der Waals surface area contributed by atoms with Crippen molar-refractivity contribution in [3.63, 3.8) is 0 Å². The SMILES string of the molecule is O=C(O)C(F)(F)F.[2H]c1cc(O)c(SC[C@H](N)C(=O)O)c([2H])c1NC(=O)C([2H])([2H])[2H]. The molecule has 1 atom stereocenters. The number of carbonyl (C=O) groups excluding carboxylic acids is 1. The number of carbonyl (C=O) groups is 3. The second kappa shape index (κ2) is 9.74. The number of carboxylic acid groups (broad SMARTS) is 2. The summed E-state index contributed by atoms with van der Waals surface area (Å²) in [6.07, 6.45) is -5.08. The molecule has 0 aliphatic heterocycles. The topological polar surface area (TPSA) is 150 Å². The van der Waals surface area contributed by atoms with E-state index in [9.17, 15) is 27.9 Å². The number of hydrogen-bond acceptors (Lipinski definition) is 6. The van der Waals surface area contributed by atoms with Gasteiger partial charge in [-0.25, -0.2) is 4.79 Å². The van der Waals surface area contributed by atoms with Crippen molar-refractivity contribution in [2.24, 2.45) is 5.73 Å². The highest BCUT2D eigenvalue weighted by Crippen LogP contribution is 2.31. The summed E-state index contributed by atoms with van der Waals surface area (Å²) in [6, 6.07) is -1.26. The summed E-state index contributed by atoms with van der Waals surface area (Å²) >= 11 is 0.749. The van der Waals surface area contributed by atoms with E-state index >= 15 is 0 Å². The molecule has 0 saturated carbocycles. The fraction of sp³-hybridized carbons (Fsp3) is 0.308. The fourth-order valence-electron chi connectivity index (χ4n) is 0.955. The van der Waals surface area contributed by atoms with Gasteiger partial charge < -0.3 is 26.4 Å². The molecule has 0 spiro atoms. The van der Waals surface area contributed by atoms with Crippen molar-refractivity contribution < 1.29 is 49.7 Å². The number of hydrogen-bond donors (Lipinski definition) is 5. The predicted molar refractivity (Wildman–Crippen MR) is 82.4 cm³/mol. The van der Waals surface area contributed by atoms with Gasteiger partial charge in [-0.2, -0.15) is 13.2 Å². The normalized spacial score (nSPS) is 15.1. The Morgan fingerprint density at radius 1 is 1.44 bits per heavy atom. The minimum atomic E-state index is -5.08. The highest BCUT2D eigenvalue weighted by atomic mass is 32.2. The van der Waals surface area contributed by atoms with Gasteiger partial charge in [-0.15, -0.1) is 11.8 Å². The Morgan fingerprint density at radius 2 is 2.00 bits per heavy atom. The number of thioether (sulfide) groups is 1. The largest absolute Gasteiger partial charge is 0.507 e. The Morgan fingerprint density at radius 3 is 2.44 bits per heavy atom. The zero-order chi connectivity index (χ0) is 24.0. The van der Waals surface area contributed by atoms with E-state index < -0.39 is 60.4 Å². The molecule has 0 aliphatic rings. The van der Waals surface area contributed by atoms with E-state index in [0.29, 0.717) is 0 Å². The van der Waals surface area contributed by atoms with E-state index in [2.05, 4.69) is 0 Å². The maximum Gasteiger partial charge on any atom is 0.490 e. The highest BCUT2D eigenvalue weighted by Gasteiger charge is 2.38. The minimum Gasteiger partial charge on any atom is -0.507 e. The van der Waals surface area contributed by atoms with Crippen molar-refractivity contribution in [2.75, 3.05) is 11.1 Å². The molecule has 0 radical (unpaired) electrons. The number of amides is 1. The van der Waals surface area contributed by atoms with Crippen molar-refractivity contribution in [3.05, 3.63) is 18.2 Å². The van der Waals surface area contributed by atoms with E-state index in [1.54, 1.807) is 0 Å². The maximum absolute atomic E-state index is 11.5. The van der Waals surface area contributed by atoms with Crippen molar-refractivity contribution >= 4 is 35.3 Å². The Kier molecular flexibility index (Phi) is 5.78. The zero-order valence-electron chi connectivity index (χ0n) is 17.0. The van der Waals surface area contributed by atoms with Crippen LogP contribution in [0.3, 0.4) is 0 Å². The summed E-state index contributed by atoms with van der Waals surface area (Å²) in [7, 11) is 0. The first-order valence-corrected chi connectivity index (χ1v) is 6.94. The van der Waals surface area contributed by atoms with Gasteiger partial charge in [0.1, 0.15) is 11.8 Å². The van der Waals surface area contributed by atoms with E-state index in [-0.39, 0.29) is 10.6 Å². The lowest BCUT2D eigenvalue weighted by Crippen LogP contribution is -2.32. The van der Waals surface area contributed by atoms with Crippen LogP contribution in [0, 0.1) is 0 Å². The summed E-state index contributed by atoms with van der Waals surface area (Å²) < 4.78 is 68.2. The molecule has 0 unspecified atom stereocenters. The van der Waals surface area contributed by atoms with Crippen LogP contribution in [0.5, 0.6) is 5.75 Å². The van der Waals surface area contributed by atoms with Crippen LogP contribution in [0.2, 0.25) is 0 Å². The van der Waals surface area contributed by atoms with Crippen LogP contribution < -0.4 is 11.1 Å². The number of anilines is 1. The standard InChI is InChI=1S/C11H14N2O4S.C2HF3O2/c1-6(14)13-7-2-3-9(15)10(4-7)18-5-8(12)11(16)17;3-2(4,5)1(6)7/h2-4,8,15H,5,12H2,1H3,(H,13,14)(H,16,17);(H,6,7)/t8-;/m0./s1/i1D3,2D,4D;. The van der Waals surface area contributed by atoms with Gasteiger partial charge in [0.25, 0.3) is 0 Å². The number of nitrogens with one attached hydrogen (secondary N) is 1. The quantitative estimate of drug-likeness (QED) is 0.375. The molecule has 0 aliphatic carbocycles. The molecule has 25 heavy (non-hydrogen) atoms. The molecule has 12 heteroatoms. The van der Waals surface area contributed by atoms with Crippen LogP contribution in [0.1, 0.15) is 13.7 Å². The number of benzene rings is 1. The third-order valence-corrected chi connectivity index (χ3v) is 3.16. The fourth-order valence-corrected chi connectivity index (χ4v) is 1.82. The number of halogens is 3. The summed E-state index contributed by atoms with van der Waals surface area (Å²) in [6.45, 7) is -2.96. The minimum absolute atomic E-state index is 0.112. The summed E-state index contributed by atoms with van der Waals surface area (Å²) in [4.78, 5) is 30.9. The number of phenolic OH excluding ortho intramolecular Hbond substituents is 1. The van der Waals surface area contributed by atoms with E-state index in [0.717, 1.165) is 17.8 Å². The predicted octanol–water partition coefficient (Wildman–Crippen LogP) is 1.49. The molecule has 0 saturated heterocycles. The Bertz CT molecular complexity index is 822. The number of phenols is 1. The van der Waals surface area contributed by atoms with Crippen LogP contribution in [-0.2, 0) is 14.4 Å². The zero-order valence-corrected chi connectivity index (χ0v) is 12.9. The number of aromatic hydroxyl groups is 1. The lowest BCUT2D eigenvalue weighted by atomic mass is 10.3. The Balaban J connectivity index is 0.00000103. The van der Waals surface area contributed by atoms with Crippen LogP contribution in [-0.4, -0.2) is 51.1 Å². The number of carboxylic acids is 2. The van der Waals surface area contributed by atoms with Gasteiger partial charge in [-0.3, -0.25) is 9.59 Å². The Hall–Kier alpha value is -2.47. The molecule has 0 bridgehead atoms. The van der Waals surface area contributed by atoms with E-state index in [4.69, 9.17) is 27.6 Å². The van der Waals surface area contributed by atoms with Gasteiger partial charge in [0.15, 0.2) is 0 Å². The third kappa shape index (κ3) is 9.42. The molecule has 1 amide bonds. The highest BCUT2D eigenvalue weighted by molar-refractivity contribution is 7.99. The summed E-state index contributed by atoms with van der Waals surface area (Å²) in [5.41, 5.74) is 4.93. The van der Waals surface area contributed by atoms with Crippen molar-refractivity contribution in [2.45, 2.75) is 24.0 Å². The molecule has 0 fully saturated rings. The molecular formula is C13H15F3N2O6S.